The monoisotopic (exact) mass is 407 g/mol. The SMILES string of the molecule is O=c1c(CN2CCCCCCC2)ccc2n1C[C@H]1C[C@@H]2CN(Cc2cnccn2)C1. The Labute approximate surface area is 178 Å². The smallest absolute Gasteiger partial charge is 0.255 e. The van der Waals surface area contributed by atoms with Crippen LogP contribution in [-0.4, -0.2) is 50.5 Å². The lowest BCUT2D eigenvalue weighted by molar-refractivity contribution is 0.113. The summed E-state index contributed by atoms with van der Waals surface area (Å²) >= 11 is 0. The Morgan fingerprint density at radius 2 is 1.73 bits per heavy atom. The Morgan fingerprint density at radius 1 is 0.900 bits per heavy atom. The minimum absolute atomic E-state index is 0.256. The third-order valence-corrected chi connectivity index (χ3v) is 7.10. The van der Waals surface area contributed by atoms with E-state index in [0.717, 1.165) is 57.1 Å². The number of hydrogen-bond donors (Lipinski definition) is 0. The van der Waals surface area contributed by atoms with E-state index in [4.69, 9.17) is 0 Å². The van der Waals surface area contributed by atoms with Crippen molar-refractivity contribution in [1.82, 2.24) is 24.3 Å². The third kappa shape index (κ3) is 4.35. The predicted molar refractivity (Wildman–Crippen MR) is 117 cm³/mol. The fourth-order valence-electron chi connectivity index (χ4n) is 5.69. The van der Waals surface area contributed by atoms with Gasteiger partial charge in [-0.25, -0.2) is 0 Å². The number of piperidine rings is 1. The second-order valence-corrected chi connectivity index (χ2v) is 9.43. The largest absolute Gasteiger partial charge is 0.312 e. The van der Waals surface area contributed by atoms with Gasteiger partial charge in [-0.2, -0.15) is 0 Å². The van der Waals surface area contributed by atoms with E-state index >= 15 is 0 Å². The van der Waals surface area contributed by atoms with Crippen molar-refractivity contribution in [2.24, 2.45) is 5.92 Å². The van der Waals surface area contributed by atoms with E-state index < -0.39 is 0 Å². The molecule has 5 heterocycles. The van der Waals surface area contributed by atoms with Crippen LogP contribution in [0, 0.1) is 5.92 Å². The summed E-state index contributed by atoms with van der Waals surface area (Å²) in [6.07, 6.45) is 13.1. The highest BCUT2D eigenvalue weighted by Crippen LogP contribution is 2.35. The Morgan fingerprint density at radius 3 is 2.53 bits per heavy atom. The first-order chi connectivity index (χ1) is 14.8. The Balaban J connectivity index is 1.31. The van der Waals surface area contributed by atoms with Gasteiger partial charge in [0, 0.05) is 68.5 Å². The second kappa shape index (κ2) is 8.98. The molecule has 0 amide bonds. The number of fused-ring (bicyclic) bond motifs is 4. The van der Waals surface area contributed by atoms with E-state index in [2.05, 4.69) is 36.5 Å². The first-order valence-corrected chi connectivity index (χ1v) is 11.7. The van der Waals surface area contributed by atoms with E-state index in [-0.39, 0.29) is 5.56 Å². The van der Waals surface area contributed by atoms with E-state index in [1.807, 2.05) is 6.20 Å². The average Bonchev–Trinajstić information content (AvgIpc) is 2.73. The molecule has 0 aromatic carbocycles. The normalized spacial score (nSPS) is 25.3. The molecule has 2 aromatic rings. The van der Waals surface area contributed by atoms with Crippen molar-refractivity contribution < 1.29 is 0 Å². The highest BCUT2D eigenvalue weighted by molar-refractivity contribution is 5.22. The van der Waals surface area contributed by atoms with Crippen LogP contribution in [-0.2, 0) is 19.6 Å². The molecule has 0 spiro atoms. The van der Waals surface area contributed by atoms with Gasteiger partial charge in [0.1, 0.15) is 0 Å². The number of aromatic nitrogens is 3. The lowest BCUT2D eigenvalue weighted by Gasteiger charge is -2.42. The van der Waals surface area contributed by atoms with Gasteiger partial charge < -0.3 is 4.57 Å². The van der Waals surface area contributed by atoms with Crippen LogP contribution in [0.5, 0.6) is 0 Å². The summed E-state index contributed by atoms with van der Waals surface area (Å²) < 4.78 is 2.11. The molecule has 160 valence electrons. The Kier molecular flexibility index (Phi) is 5.95. The molecule has 2 atom stereocenters. The van der Waals surface area contributed by atoms with Crippen LogP contribution in [0.3, 0.4) is 0 Å². The van der Waals surface area contributed by atoms with E-state index in [1.165, 1.54) is 44.2 Å². The van der Waals surface area contributed by atoms with Gasteiger partial charge in [0.25, 0.3) is 5.56 Å². The quantitative estimate of drug-likeness (QED) is 0.780. The Bertz CT molecular complexity index is 904. The van der Waals surface area contributed by atoms with E-state index in [0.29, 0.717) is 11.8 Å². The average molecular weight is 408 g/mol. The molecule has 0 aliphatic carbocycles. The Hall–Kier alpha value is -2.05. The first kappa shape index (κ1) is 19.9. The number of likely N-dealkylation sites (tertiary alicyclic amines) is 2. The van der Waals surface area contributed by atoms with Gasteiger partial charge in [0.05, 0.1) is 5.69 Å². The predicted octanol–water partition coefficient (Wildman–Crippen LogP) is 3.02. The van der Waals surface area contributed by atoms with Crippen LogP contribution >= 0.6 is 0 Å². The summed E-state index contributed by atoms with van der Waals surface area (Å²) in [5.41, 5.74) is 3.50. The van der Waals surface area contributed by atoms with Gasteiger partial charge in [-0.1, -0.05) is 25.3 Å². The minimum Gasteiger partial charge on any atom is -0.312 e. The molecule has 2 fully saturated rings. The van der Waals surface area contributed by atoms with Crippen LogP contribution in [0.15, 0.2) is 35.5 Å². The zero-order valence-corrected chi connectivity index (χ0v) is 17.9. The number of rotatable bonds is 4. The maximum Gasteiger partial charge on any atom is 0.255 e. The van der Waals surface area contributed by atoms with Gasteiger partial charge in [-0.05, 0) is 44.3 Å². The number of pyridine rings is 1. The highest BCUT2D eigenvalue weighted by atomic mass is 16.1. The second-order valence-electron chi connectivity index (χ2n) is 9.43. The minimum atomic E-state index is 0.256. The molecule has 0 saturated carbocycles. The zero-order valence-electron chi connectivity index (χ0n) is 17.9. The molecular weight excluding hydrogens is 374 g/mol. The fourth-order valence-corrected chi connectivity index (χ4v) is 5.69. The summed E-state index contributed by atoms with van der Waals surface area (Å²) in [5, 5.41) is 0. The summed E-state index contributed by atoms with van der Waals surface area (Å²) in [7, 11) is 0. The molecule has 0 radical (unpaired) electrons. The summed E-state index contributed by atoms with van der Waals surface area (Å²) in [5.74, 6) is 0.986. The molecule has 2 bridgehead atoms. The van der Waals surface area contributed by atoms with Gasteiger partial charge in [-0.15, -0.1) is 0 Å². The number of hydrogen-bond acceptors (Lipinski definition) is 5. The topological polar surface area (TPSA) is 54.3 Å². The van der Waals surface area contributed by atoms with Crippen molar-refractivity contribution in [1.29, 1.82) is 0 Å². The van der Waals surface area contributed by atoms with Crippen molar-refractivity contribution in [3.8, 4) is 0 Å². The molecule has 0 unspecified atom stereocenters. The molecule has 0 N–H and O–H groups in total. The standard InChI is InChI=1S/C24H33N5O/c30-24-20(16-27-10-4-2-1-3-5-11-27)6-7-23-21-12-19(15-29(23)24)14-28(17-21)18-22-13-25-8-9-26-22/h6-9,13,19,21H,1-5,10-12,14-18H2/t19-,21+/m0/s1. The molecule has 3 aliphatic rings. The molecular formula is C24H33N5O. The molecule has 5 rings (SSSR count). The summed E-state index contributed by atoms with van der Waals surface area (Å²) in [6.45, 7) is 6.81. The highest BCUT2D eigenvalue weighted by Gasteiger charge is 2.35. The van der Waals surface area contributed by atoms with Crippen LogP contribution in [0.1, 0.15) is 61.4 Å². The van der Waals surface area contributed by atoms with Gasteiger partial charge >= 0.3 is 0 Å². The molecule has 2 saturated heterocycles. The van der Waals surface area contributed by atoms with Crippen molar-refractivity contribution in [3.63, 3.8) is 0 Å². The number of nitrogens with zero attached hydrogens (tertiary/aromatic N) is 5. The molecule has 2 aromatic heterocycles. The van der Waals surface area contributed by atoms with Crippen LogP contribution in [0.4, 0.5) is 0 Å². The van der Waals surface area contributed by atoms with Crippen molar-refractivity contribution in [3.05, 3.63) is 58.0 Å². The first-order valence-electron chi connectivity index (χ1n) is 11.7. The van der Waals surface area contributed by atoms with Crippen LogP contribution in [0.2, 0.25) is 0 Å². The van der Waals surface area contributed by atoms with Crippen LogP contribution < -0.4 is 5.56 Å². The van der Waals surface area contributed by atoms with E-state index in [9.17, 15) is 4.79 Å². The van der Waals surface area contributed by atoms with Gasteiger partial charge in [0.2, 0.25) is 0 Å². The fraction of sp³-hybridized carbons (Fsp3) is 0.625. The summed E-state index contributed by atoms with van der Waals surface area (Å²) in [6, 6.07) is 4.36. The van der Waals surface area contributed by atoms with Crippen molar-refractivity contribution in [2.75, 3.05) is 26.2 Å². The molecule has 6 nitrogen and oxygen atoms in total. The van der Waals surface area contributed by atoms with Gasteiger partial charge in [-0.3, -0.25) is 24.6 Å². The zero-order chi connectivity index (χ0) is 20.3. The maximum absolute atomic E-state index is 13.3. The van der Waals surface area contributed by atoms with Crippen molar-refractivity contribution in [2.45, 2.75) is 64.1 Å². The summed E-state index contributed by atoms with van der Waals surface area (Å²) in [4.78, 5) is 27.0. The van der Waals surface area contributed by atoms with Crippen LogP contribution in [0.25, 0.3) is 0 Å². The molecule has 6 heteroatoms. The van der Waals surface area contributed by atoms with Crippen molar-refractivity contribution >= 4 is 0 Å². The lowest BCUT2D eigenvalue weighted by Crippen LogP contribution is -2.47. The van der Waals surface area contributed by atoms with Gasteiger partial charge in [0.15, 0.2) is 0 Å². The van der Waals surface area contributed by atoms with E-state index in [1.54, 1.807) is 12.4 Å². The lowest BCUT2D eigenvalue weighted by atomic mass is 9.83. The third-order valence-electron chi connectivity index (χ3n) is 7.10. The molecule has 3 aliphatic heterocycles. The molecule has 30 heavy (non-hydrogen) atoms. The maximum atomic E-state index is 13.3.